The molecule has 0 aliphatic heterocycles. The van der Waals surface area contributed by atoms with Gasteiger partial charge < -0.3 is 9.64 Å². The van der Waals surface area contributed by atoms with Crippen LogP contribution in [0.5, 0.6) is 0 Å². The molecule has 0 spiro atoms. The van der Waals surface area contributed by atoms with Crippen LogP contribution in [0.2, 0.25) is 0 Å². The van der Waals surface area contributed by atoms with E-state index in [0.717, 1.165) is 6.42 Å². The fourth-order valence-corrected chi connectivity index (χ4v) is 1.57. The van der Waals surface area contributed by atoms with Gasteiger partial charge in [-0.1, -0.05) is 20.3 Å². The van der Waals surface area contributed by atoms with E-state index in [9.17, 15) is 9.59 Å². The number of carbonyl (C=O) groups is 2. The molecule has 5 heteroatoms. The number of carbonyl (C=O) groups excluding carboxylic acids is 2. The number of ether oxygens (including phenoxy) is 1. The Labute approximate surface area is 102 Å². The summed E-state index contributed by atoms with van der Waals surface area (Å²) in [5.41, 5.74) is 0. The zero-order valence-corrected chi connectivity index (χ0v) is 10.9. The molecule has 5 nitrogen and oxygen atoms in total. The molecule has 0 N–H and O–H groups in total. The minimum Gasteiger partial charge on any atom is -0.469 e. The maximum atomic E-state index is 11.9. The van der Waals surface area contributed by atoms with E-state index in [2.05, 4.69) is 4.74 Å². The van der Waals surface area contributed by atoms with Crippen LogP contribution in [-0.2, 0) is 14.3 Å². The molecule has 0 aromatic carbocycles. The highest BCUT2D eigenvalue weighted by Crippen LogP contribution is 2.10. The van der Waals surface area contributed by atoms with Gasteiger partial charge in [0, 0.05) is 13.6 Å². The Bertz CT molecular complexity index is 309. The van der Waals surface area contributed by atoms with Crippen molar-refractivity contribution in [2.45, 2.75) is 26.7 Å². The lowest BCUT2D eigenvalue weighted by atomic mass is 10.0. The predicted molar refractivity (Wildman–Crippen MR) is 62.8 cm³/mol. The molecule has 0 rings (SSSR count). The van der Waals surface area contributed by atoms with E-state index < -0.39 is 5.92 Å². The molecule has 0 aliphatic rings. The van der Waals surface area contributed by atoms with Gasteiger partial charge in [-0.05, 0) is 6.42 Å². The third-order valence-corrected chi connectivity index (χ3v) is 2.56. The first-order chi connectivity index (χ1) is 7.97. The standard InChI is InChI=1S/C12H20N2O3/c1-5-6-10(7-13)11(15)14(3)8-9(2)12(16)17-4/h9-10H,5-6,8H2,1-4H3. The topological polar surface area (TPSA) is 70.4 Å². The van der Waals surface area contributed by atoms with Crippen molar-refractivity contribution in [3.8, 4) is 6.07 Å². The summed E-state index contributed by atoms with van der Waals surface area (Å²) in [7, 11) is 2.91. The van der Waals surface area contributed by atoms with Crippen LogP contribution in [0.25, 0.3) is 0 Å². The van der Waals surface area contributed by atoms with Gasteiger partial charge in [-0.2, -0.15) is 5.26 Å². The summed E-state index contributed by atoms with van der Waals surface area (Å²) in [4.78, 5) is 24.5. The second kappa shape index (κ2) is 7.66. The molecule has 0 saturated heterocycles. The van der Waals surface area contributed by atoms with Crippen LogP contribution < -0.4 is 0 Å². The predicted octanol–water partition coefficient (Wildman–Crippen LogP) is 1.19. The van der Waals surface area contributed by atoms with E-state index in [1.165, 1.54) is 12.0 Å². The SMILES string of the molecule is CCCC(C#N)C(=O)N(C)CC(C)C(=O)OC. The molecule has 0 aromatic heterocycles. The number of esters is 1. The number of methoxy groups -OCH3 is 1. The first-order valence-electron chi connectivity index (χ1n) is 5.70. The van der Waals surface area contributed by atoms with Crippen molar-refractivity contribution in [3.63, 3.8) is 0 Å². The lowest BCUT2D eigenvalue weighted by Crippen LogP contribution is -2.37. The van der Waals surface area contributed by atoms with E-state index in [1.54, 1.807) is 14.0 Å². The smallest absolute Gasteiger partial charge is 0.310 e. The second-order valence-electron chi connectivity index (χ2n) is 4.11. The Balaban J connectivity index is 4.40. The van der Waals surface area contributed by atoms with Crippen molar-refractivity contribution >= 4 is 11.9 Å². The lowest BCUT2D eigenvalue weighted by Gasteiger charge is -2.22. The van der Waals surface area contributed by atoms with E-state index in [1.807, 2.05) is 13.0 Å². The zero-order chi connectivity index (χ0) is 13.4. The van der Waals surface area contributed by atoms with Gasteiger partial charge in [-0.15, -0.1) is 0 Å². The van der Waals surface area contributed by atoms with Crippen LogP contribution in [0.4, 0.5) is 0 Å². The van der Waals surface area contributed by atoms with E-state index >= 15 is 0 Å². The van der Waals surface area contributed by atoms with Crippen LogP contribution >= 0.6 is 0 Å². The number of hydrogen-bond donors (Lipinski definition) is 0. The van der Waals surface area contributed by atoms with Gasteiger partial charge in [0.1, 0.15) is 5.92 Å². The first-order valence-corrected chi connectivity index (χ1v) is 5.70. The monoisotopic (exact) mass is 240 g/mol. The molecule has 2 unspecified atom stereocenters. The van der Waals surface area contributed by atoms with Gasteiger partial charge in [0.05, 0.1) is 19.1 Å². The van der Waals surface area contributed by atoms with E-state index in [0.29, 0.717) is 6.42 Å². The van der Waals surface area contributed by atoms with Gasteiger partial charge in [0.15, 0.2) is 0 Å². The average Bonchev–Trinajstić information content (AvgIpc) is 2.33. The molecule has 0 heterocycles. The molecule has 17 heavy (non-hydrogen) atoms. The molecule has 0 fully saturated rings. The largest absolute Gasteiger partial charge is 0.469 e. The van der Waals surface area contributed by atoms with E-state index in [4.69, 9.17) is 5.26 Å². The van der Waals surface area contributed by atoms with Gasteiger partial charge in [0.2, 0.25) is 5.91 Å². The van der Waals surface area contributed by atoms with Crippen LogP contribution in [0.3, 0.4) is 0 Å². The summed E-state index contributed by atoms with van der Waals surface area (Å²) in [6, 6.07) is 1.99. The molecule has 0 bridgehead atoms. The maximum Gasteiger partial charge on any atom is 0.310 e. The fraction of sp³-hybridized carbons (Fsp3) is 0.750. The second-order valence-corrected chi connectivity index (χ2v) is 4.11. The van der Waals surface area contributed by atoms with Crippen LogP contribution in [0, 0.1) is 23.2 Å². The van der Waals surface area contributed by atoms with Gasteiger partial charge in [-0.25, -0.2) is 0 Å². The van der Waals surface area contributed by atoms with Crippen molar-refractivity contribution in [3.05, 3.63) is 0 Å². The van der Waals surface area contributed by atoms with Crippen molar-refractivity contribution < 1.29 is 14.3 Å². The lowest BCUT2D eigenvalue weighted by molar-refractivity contribution is -0.146. The normalized spacial score (nSPS) is 13.4. The maximum absolute atomic E-state index is 11.9. The molecule has 0 aromatic rings. The quantitative estimate of drug-likeness (QED) is 0.654. The third-order valence-electron chi connectivity index (χ3n) is 2.56. The van der Waals surface area contributed by atoms with Crippen LogP contribution in [0.15, 0.2) is 0 Å². The molecule has 96 valence electrons. The first kappa shape index (κ1) is 15.4. The molecule has 1 amide bonds. The molecule has 0 aliphatic carbocycles. The number of nitriles is 1. The summed E-state index contributed by atoms with van der Waals surface area (Å²) in [6.45, 7) is 3.89. The highest BCUT2D eigenvalue weighted by molar-refractivity contribution is 5.81. The molecular weight excluding hydrogens is 220 g/mol. The Hall–Kier alpha value is -1.57. The summed E-state index contributed by atoms with van der Waals surface area (Å²) in [5.74, 6) is -1.58. The molecular formula is C12H20N2O3. The minimum atomic E-state index is -0.616. The number of hydrogen-bond acceptors (Lipinski definition) is 4. The number of amides is 1. The summed E-state index contributed by atoms with van der Waals surface area (Å²) >= 11 is 0. The van der Waals surface area contributed by atoms with Gasteiger partial charge in [0.25, 0.3) is 0 Å². The molecule has 2 atom stereocenters. The van der Waals surface area contributed by atoms with Crippen molar-refractivity contribution in [1.29, 1.82) is 5.26 Å². The van der Waals surface area contributed by atoms with Crippen LogP contribution in [-0.4, -0.2) is 37.5 Å². The zero-order valence-electron chi connectivity index (χ0n) is 10.9. The fourth-order valence-electron chi connectivity index (χ4n) is 1.57. The Kier molecular flexibility index (Phi) is 6.95. The minimum absolute atomic E-state index is 0.231. The Morgan fingerprint density at radius 2 is 2.06 bits per heavy atom. The van der Waals surface area contributed by atoms with Gasteiger partial charge >= 0.3 is 5.97 Å². The average molecular weight is 240 g/mol. The van der Waals surface area contributed by atoms with Crippen LogP contribution in [0.1, 0.15) is 26.7 Å². The third kappa shape index (κ3) is 4.85. The molecule has 0 radical (unpaired) electrons. The van der Waals surface area contributed by atoms with Crippen molar-refractivity contribution in [2.24, 2.45) is 11.8 Å². The van der Waals surface area contributed by atoms with Crippen molar-refractivity contribution in [1.82, 2.24) is 4.90 Å². The number of rotatable bonds is 6. The van der Waals surface area contributed by atoms with Gasteiger partial charge in [-0.3, -0.25) is 9.59 Å². The molecule has 0 saturated carbocycles. The summed E-state index contributed by atoms with van der Waals surface area (Å²) < 4.78 is 4.59. The summed E-state index contributed by atoms with van der Waals surface area (Å²) in [6.07, 6.45) is 1.33. The highest BCUT2D eigenvalue weighted by Gasteiger charge is 2.24. The Morgan fingerprint density at radius 3 is 2.47 bits per heavy atom. The summed E-state index contributed by atoms with van der Waals surface area (Å²) in [5, 5.41) is 8.88. The highest BCUT2D eigenvalue weighted by atomic mass is 16.5. The number of nitrogens with zero attached hydrogens (tertiary/aromatic N) is 2. The van der Waals surface area contributed by atoms with Crippen molar-refractivity contribution in [2.75, 3.05) is 20.7 Å². The van der Waals surface area contributed by atoms with E-state index in [-0.39, 0.29) is 24.3 Å². The Morgan fingerprint density at radius 1 is 1.47 bits per heavy atom.